The van der Waals surface area contributed by atoms with Crippen LogP contribution in [0.4, 0.5) is 10.1 Å². The number of rotatable bonds is 3. The highest BCUT2D eigenvalue weighted by molar-refractivity contribution is 9.10. The number of carbonyl (C=O) groups is 1. The molecule has 0 bridgehead atoms. The van der Waals surface area contributed by atoms with E-state index >= 15 is 0 Å². The van der Waals surface area contributed by atoms with Crippen molar-refractivity contribution in [1.82, 2.24) is 0 Å². The van der Waals surface area contributed by atoms with E-state index in [1.54, 1.807) is 0 Å². The Kier molecular flexibility index (Phi) is 4.70. The van der Waals surface area contributed by atoms with E-state index in [2.05, 4.69) is 21.2 Å². The van der Waals surface area contributed by atoms with E-state index in [0.717, 1.165) is 0 Å². The molecule has 0 saturated heterocycles. The third-order valence-corrected chi connectivity index (χ3v) is 3.45. The lowest BCUT2D eigenvalue weighted by Gasteiger charge is -2.11. The van der Waals surface area contributed by atoms with Crippen molar-refractivity contribution in [2.75, 3.05) is 12.4 Å². The van der Waals surface area contributed by atoms with Crippen molar-refractivity contribution in [3.8, 4) is 6.07 Å². The van der Waals surface area contributed by atoms with Gasteiger partial charge in [-0.15, -0.1) is 0 Å². The van der Waals surface area contributed by atoms with Gasteiger partial charge in [-0.25, -0.2) is 4.39 Å². The van der Waals surface area contributed by atoms with Gasteiger partial charge in [-0.1, -0.05) is 11.6 Å². The van der Waals surface area contributed by atoms with Crippen LogP contribution < -0.4 is 5.32 Å². The van der Waals surface area contributed by atoms with Crippen molar-refractivity contribution >= 4 is 39.0 Å². The molecule has 1 aromatic carbocycles. The van der Waals surface area contributed by atoms with Gasteiger partial charge in [0.2, 0.25) is 5.78 Å². The van der Waals surface area contributed by atoms with Crippen molar-refractivity contribution < 1.29 is 14.3 Å². The molecule has 1 rings (SSSR count). The molecule has 0 unspecified atom stereocenters. The maximum Gasteiger partial charge on any atom is 0.208 e. The Balaban J connectivity index is 3.52. The van der Waals surface area contributed by atoms with E-state index in [0.29, 0.717) is 6.26 Å². The molecule has 0 radical (unpaired) electrons. The summed E-state index contributed by atoms with van der Waals surface area (Å²) < 4.78 is 13.9. The van der Waals surface area contributed by atoms with Crippen molar-refractivity contribution in [2.24, 2.45) is 0 Å². The normalized spacial score (nSPS) is 10.9. The van der Waals surface area contributed by atoms with Gasteiger partial charge in [-0.3, -0.25) is 4.79 Å². The predicted octanol–water partition coefficient (Wildman–Crippen LogP) is 3.43. The van der Waals surface area contributed by atoms with Crippen LogP contribution in [-0.4, -0.2) is 17.9 Å². The number of Topliss-reactive ketones (excluding diaryl/α,β-unsaturated/α-hetero) is 1. The lowest BCUT2D eigenvalue weighted by Crippen LogP contribution is -2.08. The number of benzene rings is 1. The number of carbonyl (C=O) groups excluding carboxylic acids is 1. The van der Waals surface area contributed by atoms with Crippen molar-refractivity contribution in [3.05, 3.63) is 38.8 Å². The van der Waals surface area contributed by atoms with Crippen LogP contribution >= 0.6 is 27.5 Å². The van der Waals surface area contributed by atoms with Gasteiger partial charge < -0.3 is 10.4 Å². The highest BCUT2D eigenvalue weighted by Gasteiger charge is 2.22. The van der Waals surface area contributed by atoms with Gasteiger partial charge in [0, 0.05) is 7.05 Å². The van der Waals surface area contributed by atoms with E-state index in [9.17, 15) is 9.18 Å². The average molecular weight is 334 g/mol. The summed E-state index contributed by atoms with van der Waals surface area (Å²) in [7, 11) is 1.42. The number of allylic oxidation sites excluding steroid dienone is 1. The molecule has 0 fully saturated rings. The van der Waals surface area contributed by atoms with Gasteiger partial charge in [-0.05, 0) is 22.0 Å². The first-order chi connectivity index (χ1) is 8.47. The third-order valence-electron chi connectivity index (χ3n) is 2.15. The number of nitrogens with zero attached hydrogens (tertiary/aromatic N) is 1. The Labute approximate surface area is 116 Å². The van der Waals surface area contributed by atoms with Crippen LogP contribution in [0, 0.1) is 17.1 Å². The molecule has 94 valence electrons. The zero-order valence-electron chi connectivity index (χ0n) is 9.09. The standard InChI is InChI=1S/C11H7BrClFN2O2/c1-16-10-6(11(18)5(3-15)4-17)2-7(13)8(12)9(10)14/h2,4,16-17H,1H3/b5-4+. The second-order valence-corrected chi connectivity index (χ2v) is 4.34. The third kappa shape index (κ3) is 2.47. The maximum atomic E-state index is 13.8. The number of ketones is 1. The molecule has 0 aliphatic carbocycles. The maximum absolute atomic E-state index is 13.8. The van der Waals surface area contributed by atoms with Gasteiger partial charge in [0.25, 0.3) is 0 Å². The summed E-state index contributed by atoms with van der Waals surface area (Å²) in [6.07, 6.45) is 0.371. The fraction of sp³-hybridized carbons (Fsp3) is 0.0909. The van der Waals surface area contributed by atoms with Crippen LogP contribution in [0.5, 0.6) is 0 Å². The lowest BCUT2D eigenvalue weighted by atomic mass is 10.0. The molecule has 2 N–H and O–H groups in total. The smallest absolute Gasteiger partial charge is 0.208 e. The predicted molar refractivity (Wildman–Crippen MR) is 69.3 cm³/mol. The quantitative estimate of drug-likeness (QED) is 0.292. The Morgan fingerprint density at radius 2 is 2.33 bits per heavy atom. The fourth-order valence-corrected chi connectivity index (χ4v) is 1.81. The van der Waals surface area contributed by atoms with Gasteiger partial charge in [0.05, 0.1) is 20.7 Å². The number of nitriles is 1. The highest BCUT2D eigenvalue weighted by atomic mass is 79.9. The zero-order chi connectivity index (χ0) is 13.9. The zero-order valence-corrected chi connectivity index (χ0v) is 11.4. The first kappa shape index (κ1) is 14.5. The SMILES string of the molecule is CNc1c(C(=O)/C(C#N)=C/O)cc(Cl)c(Br)c1F. The van der Waals surface area contributed by atoms with Gasteiger partial charge in [-0.2, -0.15) is 5.26 Å². The summed E-state index contributed by atoms with van der Waals surface area (Å²) in [5, 5.41) is 19.9. The van der Waals surface area contributed by atoms with Crippen molar-refractivity contribution in [3.63, 3.8) is 0 Å². The molecule has 0 aromatic heterocycles. The lowest BCUT2D eigenvalue weighted by molar-refractivity contribution is 0.103. The summed E-state index contributed by atoms with van der Waals surface area (Å²) in [6.45, 7) is 0. The van der Waals surface area contributed by atoms with Gasteiger partial charge >= 0.3 is 0 Å². The number of anilines is 1. The molecule has 0 saturated carbocycles. The van der Waals surface area contributed by atoms with Crippen molar-refractivity contribution in [2.45, 2.75) is 0 Å². The summed E-state index contributed by atoms with van der Waals surface area (Å²) >= 11 is 8.69. The first-order valence-electron chi connectivity index (χ1n) is 4.62. The van der Waals surface area contributed by atoms with Crippen LogP contribution in [0.25, 0.3) is 0 Å². The van der Waals surface area contributed by atoms with E-state index in [-0.39, 0.29) is 20.7 Å². The second-order valence-electron chi connectivity index (χ2n) is 3.14. The molecule has 0 spiro atoms. The Morgan fingerprint density at radius 1 is 1.72 bits per heavy atom. The van der Waals surface area contributed by atoms with Crippen LogP contribution in [0.3, 0.4) is 0 Å². The van der Waals surface area contributed by atoms with Crippen LogP contribution in [0.1, 0.15) is 10.4 Å². The van der Waals surface area contributed by atoms with Crippen LogP contribution in [0.2, 0.25) is 5.02 Å². The van der Waals surface area contributed by atoms with E-state index in [1.807, 2.05) is 0 Å². The number of nitrogens with one attached hydrogen (secondary N) is 1. The summed E-state index contributed by atoms with van der Waals surface area (Å²) in [5.41, 5.74) is -0.750. The topological polar surface area (TPSA) is 73.1 Å². The minimum atomic E-state index is -0.822. The van der Waals surface area contributed by atoms with E-state index in [4.69, 9.17) is 22.0 Å². The number of aliphatic hydroxyl groups is 1. The monoisotopic (exact) mass is 332 g/mol. The molecule has 0 aliphatic rings. The molecule has 0 atom stereocenters. The second kappa shape index (κ2) is 5.85. The molecule has 1 aromatic rings. The molecule has 4 nitrogen and oxygen atoms in total. The average Bonchev–Trinajstić information content (AvgIpc) is 2.36. The Morgan fingerprint density at radius 3 is 2.78 bits per heavy atom. The molecule has 0 amide bonds. The number of hydrogen-bond acceptors (Lipinski definition) is 4. The van der Waals surface area contributed by atoms with E-state index < -0.39 is 17.2 Å². The minimum absolute atomic E-state index is 0.00919. The van der Waals surface area contributed by atoms with Crippen molar-refractivity contribution in [1.29, 1.82) is 5.26 Å². The van der Waals surface area contributed by atoms with Crippen LogP contribution in [-0.2, 0) is 0 Å². The molecule has 0 aliphatic heterocycles. The van der Waals surface area contributed by atoms with Crippen LogP contribution in [0.15, 0.2) is 22.4 Å². The van der Waals surface area contributed by atoms with Gasteiger partial charge in [0.15, 0.2) is 5.82 Å². The fourth-order valence-electron chi connectivity index (χ4n) is 1.30. The minimum Gasteiger partial charge on any atom is -0.514 e. The molecule has 18 heavy (non-hydrogen) atoms. The molecule has 7 heteroatoms. The largest absolute Gasteiger partial charge is 0.514 e. The Hall–Kier alpha value is -1.58. The van der Waals surface area contributed by atoms with E-state index in [1.165, 1.54) is 19.2 Å². The summed E-state index contributed by atoms with van der Waals surface area (Å²) in [4.78, 5) is 11.9. The number of halogens is 3. The molecular formula is C11H7BrClFN2O2. The Bertz CT molecular complexity index is 581. The summed E-state index contributed by atoms with van der Waals surface area (Å²) in [5.74, 6) is -1.57. The molecule has 0 heterocycles. The highest BCUT2D eigenvalue weighted by Crippen LogP contribution is 2.34. The molecular weight excluding hydrogens is 326 g/mol. The summed E-state index contributed by atoms with van der Waals surface area (Å²) in [6, 6.07) is 2.72. The van der Waals surface area contributed by atoms with Gasteiger partial charge in [0.1, 0.15) is 17.9 Å². The number of hydrogen-bond donors (Lipinski definition) is 2. The number of aliphatic hydroxyl groups excluding tert-OH is 1. The first-order valence-corrected chi connectivity index (χ1v) is 5.79.